The summed E-state index contributed by atoms with van der Waals surface area (Å²) in [6, 6.07) is 16.6. The van der Waals surface area contributed by atoms with Crippen LogP contribution in [0.25, 0.3) is 10.9 Å². The van der Waals surface area contributed by atoms with Crippen molar-refractivity contribution in [3.8, 4) is 5.75 Å². The number of nitrogens with zero attached hydrogens (tertiary/aromatic N) is 2. The van der Waals surface area contributed by atoms with E-state index in [0.29, 0.717) is 0 Å². The van der Waals surface area contributed by atoms with Gasteiger partial charge in [-0.15, -0.1) is 0 Å². The van der Waals surface area contributed by atoms with Crippen molar-refractivity contribution in [3.05, 3.63) is 84.1 Å². The maximum Gasteiger partial charge on any atom is 0.122 e. The van der Waals surface area contributed by atoms with Gasteiger partial charge in [-0.1, -0.05) is 36.4 Å². The first-order chi connectivity index (χ1) is 11.8. The van der Waals surface area contributed by atoms with Gasteiger partial charge in [-0.2, -0.15) is 0 Å². The van der Waals surface area contributed by atoms with Crippen LogP contribution in [0.4, 0.5) is 0 Å². The van der Waals surface area contributed by atoms with Crippen LogP contribution in [0.3, 0.4) is 0 Å². The lowest BCUT2D eigenvalue weighted by atomic mass is 10.0. The maximum atomic E-state index is 5.51. The Hall–Kier alpha value is -3.01. The van der Waals surface area contributed by atoms with E-state index < -0.39 is 0 Å². The molecule has 0 aliphatic carbocycles. The van der Waals surface area contributed by atoms with Crippen molar-refractivity contribution in [2.75, 3.05) is 7.11 Å². The van der Waals surface area contributed by atoms with Gasteiger partial charge in [0.1, 0.15) is 5.75 Å². The van der Waals surface area contributed by atoms with Crippen LogP contribution >= 0.6 is 0 Å². The smallest absolute Gasteiger partial charge is 0.122 e. The highest BCUT2D eigenvalue weighted by atomic mass is 16.5. The Labute approximate surface area is 140 Å². The largest absolute Gasteiger partial charge is 0.496 e. The van der Waals surface area contributed by atoms with Gasteiger partial charge in [0.25, 0.3) is 0 Å². The number of para-hydroxylation sites is 2. The van der Waals surface area contributed by atoms with E-state index in [1.165, 1.54) is 22.2 Å². The lowest BCUT2D eigenvalue weighted by molar-refractivity contribution is 0.410. The van der Waals surface area contributed by atoms with Crippen LogP contribution in [0.15, 0.2) is 67.3 Å². The molecule has 0 atom stereocenters. The van der Waals surface area contributed by atoms with Gasteiger partial charge >= 0.3 is 0 Å². The van der Waals surface area contributed by atoms with Gasteiger partial charge in [0.15, 0.2) is 0 Å². The zero-order valence-corrected chi connectivity index (χ0v) is 13.6. The number of H-pyrrole nitrogens is 1. The average Bonchev–Trinajstić information content (AvgIpc) is 3.24. The highest BCUT2D eigenvalue weighted by Gasteiger charge is 2.14. The molecular weight excluding hydrogens is 298 g/mol. The predicted octanol–water partition coefficient (Wildman–Crippen LogP) is 4.01. The van der Waals surface area contributed by atoms with Crippen molar-refractivity contribution in [3.63, 3.8) is 0 Å². The molecule has 0 radical (unpaired) electrons. The second-order valence-electron chi connectivity index (χ2n) is 5.85. The third kappa shape index (κ3) is 2.67. The summed E-state index contributed by atoms with van der Waals surface area (Å²) in [7, 11) is 1.72. The fourth-order valence-corrected chi connectivity index (χ4v) is 3.19. The van der Waals surface area contributed by atoms with Crippen LogP contribution in [0, 0.1) is 0 Å². The molecule has 0 aliphatic rings. The molecule has 4 nitrogen and oxygen atoms in total. The van der Waals surface area contributed by atoms with Crippen molar-refractivity contribution < 1.29 is 4.74 Å². The quantitative estimate of drug-likeness (QED) is 0.604. The Morgan fingerprint density at radius 2 is 1.92 bits per heavy atom. The summed E-state index contributed by atoms with van der Waals surface area (Å²) in [6.45, 7) is 0.800. The number of fused-ring (bicyclic) bond motifs is 1. The molecule has 4 aromatic rings. The maximum absolute atomic E-state index is 5.51. The van der Waals surface area contributed by atoms with Crippen LogP contribution in [0.5, 0.6) is 5.75 Å². The molecule has 1 N–H and O–H groups in total. The van der Waals surface area contributed by atoms with Gasteiger partial charge in [-0.05, 0) is 17.7 Å². The average molecular weight is 317 g/mol. The van der Waals surface area contributed by atoms with Crippen molar-refractivity contribution in [1.82, 2.24) is 14.5 Å². The molecule has 0 aliphatic heterocycles. The van der Waals surface area contributed by atoms with Crippen molar-refractivity contribution >= 4 is 10.9 Å². The molecule has 0 spiro atoms. The number of rotatable bonds is 5. The molecule has 0 unspecified atom stereocenters. The Morgan fingerprint density at radius 3 is 2.75 bits per heavy atom. The second-order valence-corrected chi connectivity index (χ2v) is 5.85. The van der Waals surface area contributed by atoms with Gasteiger partial charge in [-0.25, -0.2) is 4.98 Å². The van der Waals surface area contributed by atoms with E-state index >= 15 is 0 Å². The minimum Gasteiger partial charge on any atom is -0.496 e. The highest BCUT2D eigenvalue weighted by Crippen LogP contribution is 2.28. The van der Waals surface area contributed by atoms with E-state index in [-0.39, 0.29) is 0 Å². The van der Waals surface area contributed by atoms with Crippen LogP contribution in [-0.4, -0.2) is 21.6 Å². The highest BCUT2D eigenvalue weighted by molar-refractivity contribution is 5.84. The number of aromatic nitrogens is 3. The monoisotopic (exact) mass is 317 g/mol. The number of imidazole rings is 1. The predicted molar refractivity (Wildman–Crippen MR) is 95.4 cm³/mol. The Balaban J connectivity index is 1.79. The van der Waals surface area contributed by atoms with Gasteiger partial charge in [0, 0.05) is 41.0 Å². The first kappa shape index (κ1) is 14.6. The SMILES string of the molecule is COc1ccccc1Cc1[nH]c2ccccc2c1Cn1ccnc1. The molecular formula is C20H19N3O. The van der Waals surface area contributed by atoms with E-state index in [4.69, 9.17) is 4.74 Å². The molecule has 2 heterocycles. The molecule has 24 heavy (non-hydrogen) atoms. The van der Waals surface area contributed by atoms with Gasteiger partial charge in [0.05, 0.1) is 20.0 Å². The van der Waals surface area contributed by atoms with E-state index in [2.05, 4.69) is 50.9 Å². The summed E-state index contributed by atoms with van der Waals surface area (Å²) in [5.41, 5.74) is 4.86. The van der Waals surface area contributed by atoms with E-state index in [1.54, 1.807) is 7.11 Å². The Kier molecular flexibility index (Phi) is 3.79. The first-order valence-corrected chi connectivity index (χ1v) is 8.01. The summed E-state index contributed by atoms with van der Waals surface area (Å²) in [4.78, 5) is 7.74. The Morgan fingerprint density at radius 1 is 1.08 bits per heavy atom. The number of ether oxygens (including phenoxy) is 1. The molecule has 0 bridgehead atoms. The second kappa shape index (κ2) is 6.24. The zero-order chi connectivity index (χ0) is 16.4. The van der Waals surface area contributed by atoms with E-state index in [1.807, 2.05) is 30.9 Å². The molecule has 2 aromatic carbocycles. The third-order valence-electron chi connectivity index (χ3n) is 4.36. The van der Waals surface area contributed by atoms with Gasteiger partial charge < -0.3 is 14.3 Å². The minimum atomic E-state index is 0.800. The van der Waals surface area contributed by atoms with E-state index in [9.17, 15) is 0 Å². The van der Waals surface area contributed by atoms with Crippen LogP contribution in [-0.2, 0) is 13.0 Å². The summed E-state index contributed by atoms with van der Waals surface area (Å²) in [5, 5.41) is 1.26. The summed E-state index contributed by atoms with van der Waals surface area (Å²) in [6.07, 6.45) is 6.47. The summed E-state index contributed by atoms with van der Waals surface area (Å²) >= 11 is 0. The fraction of sp³-hybridized carbons (Fsp3) is 0.150. The number of methoxy groups -OCH3 is 1. The molecule has 0 amide bonds. The number of hydrogen-bond donors (Lipinski definition) is 1. The standard InChI is InChI=1S/C20H19N3O/c1-24-20-9-5-2-6-15(20)12-19-17(13-23-11-10-21-14-23)16-7-3-4-8-18(16)22-19/h2-11,14,22H,12-13H2,1H3. The van der Waals surface area contributed by atoms with Crippen LogP contribution < -0.4 is 4.74 Å². The first-order valence-electron chi connectivity index (χ1n) is 8.01. The number of hydrogen-bond acceptors (Lipinski definition) is 2. The van der Waals surface area contributed by atoms with Crippen molar-refractivity contribution in [2.45, 2.75) is 13.0 Å². The summed E-state index contributed by atoms with van der Waals surface area (Å²) < 4.78 is 7.61. The number of nitrogens with one attached hydrogen (secondary N) is 1. The zero-order valence-electron chi connectivity index (χ0n) is 13.6. The lowest BCUT2D eigenvalue weighted by Crippen LogP contribution is -2.01. The number of benzene rings is 2. The molecule has 4 rings (SSSR count). The van der Waals surface area contributed by atoms with E-state index in [0.717, 1.165) is 24.2 Å². The molecule has 2 aromatic heterocycles. The molecule has 0 saturated carbocycles. The van der Waals surface area contributed by atoms with Crippen molar-refractivity contribution in [1.29, 1.82) is 0 Å². The Bertz CT molecular complexity index is 954. The molecule has 0 fully saturated rings. The topological polar surface area (TPSA) is 42.8 Å². The van der Waals surface area contributed by atoms with Gasteiger partial charge in [-0.3, -0.25) is 0 Å². The molecule has 4 heteroatoms. The minimum absolute atomic E-state index is 0.800. The number of aromatic amines is 1. The fourth-order valence-electron chi connectivity index (χ4n) is 3.19. The van der Waals surface area contributed by atoms with Gasteiger partial charge in [0.2, 0.25) is 0 Å². The normalized spacial score (nSPS) is 11.0. The van der Waals surface area contributed by atoms with Crippen LogP contribution in [0.1, 0.15) is 16.8 Å². The summed E-state index contributed by atoms with van der Waals surface area (Å²) in [5.74, 6) is 0.921. The third-order valence-corrected chi connectivity index (χ3v) is 4.36. The lowest BCUT2D eigenvalue weighted by Gasteiger charge is -2.10. The van der Waals surface area contributed by atoms with Crippen molar-refractivity contribution in [2.24, 2.45) is 0 Å². The molecule has 0 saturated heterocycles. The van der Waals surface area contributed by atoms with Crippen LogP contribution in [0.2, 0.25) is 0 Å². The molecule has 120 valence electrons.